The van der Waals surface area contributed by atoms with Crippen LogP contribution in [0.1, 0.15) is 12.5 Å². The molecule has 1 N–H and O–H groups in total. The Kier molecular flexibility index (Phi) is 4.21. The Balaban J connectivity index is 2.30. The van der Waals surface area contributed by atoms with Crippen molar-refractivity contribution in [3.8, 4) is 5.75 Å². The highest BCUT2D eigenvalue weighted by Gasteiger charge is 2.28. The summed E-state index contributed by atoms with van der Waals surface area (Å²) >= 11 is 8.51. The number of ether oxygens (including phenoxy) is 1. The molecule has 0 atom stereocenters. The molecule has 1 aliphatic rings. The fourth-order valence-corrected chi connectivity index (χ4v) is 2.68. The van der Waals surface area contributed by atoms with Crippen molar-refractivity contribution in [2.45, 2.75) is 6.92 Å². The summed E-state index contributed by atoms with van der Waals surface area (Å²) in [5.41, 5.74) is 1.38. The van der Waals surface area contributed by atoms with E-state index < -0.39 is 0 Å². The first-order valence-corrected chi connectivity index (χ1v) is 6.95. The Bertz CT molecular complexity index is 572. The van der Waals surface area contributed by atoms with E-state index in [0.717, 1.165) is 15.8 Å². The van der Waals surface area contributed by atoms with Crippen LogP contribution < -0.4 is 10.1 Å². The fraction of sp³-hybridized carbons (Fsp3) is 0.231. The van der Waals surface area contributed by atoms with Gasteiger partial charge in [0.05, 0.1) is 11.6 Å². The largest absolute Gasteiger partial charge is 0.496 e. The van der Waals surface area contributed by atoms with E-state index >= 15 is 0 Å². The minimum Gasteiger partial charge on any atom is -0.496 e. The van der Waals surface area contributed by atoms with Gasteiger partial charge >= 0.3 is 0 Å². The summed E-state index contributed by atoms with van der Waals surface area (Å²) < 4.78 is 6.00. The SMILES string of the molecule is CCN1C(=O)C(=Cc2ccc(OC)c(Br)c2)NC1=S. The molecule has 1 fully saturated rings. The van der Waals surface area contributed by atoms with E-state index in [9.17, 15) is 4.79 Å². The molecule has 1 heterocycles. The second-order valence-electron chi connectivity index (χ2n) is 3.93. The molecular formula is C13H13BrN2O2S. The van der Waals surface area contributed by atoms with Crippen LogP contribution in [0, 0.1) is 0 Å². The monoisotopic (exact) mass is 340 g/mol. The molecule has 6 heteroatoms. The van der Waals surface area contributed by atoms with E-state index in [1.165, 1.54) is 4.90 Å². The van der Waals surface area contributed by atoms with Crippen LogP contribution >= 0.6 is 28.1 Å². The summed E-state index contributed by atoms with van der Waals surface area (Å²) in [6.07, 6.45) is 1.77. The van der Waals surface area contributed by atoms with Crippen LogP contribution in [-0.2, 0) is 4.79 Å². The van der Waals surface area contributed by atoms with Crippen LogP contribution in [0.4, 0.5) is 0 Å². The molecular weight excluding hydrogens is 328 g/mol. The predicted octanol–water partition coefficient (Wildman–Crippen LogP) is 2.54. The van der Waals surface area contributed by atoms with E-state index in [1.807, 2.05) is 25.1 Å². The average molecular weight is 341 g/mol. The van der Waals surface area contributed by atoms with Crippen LogP contribution in [0.3, 0.4) is 0 Å². The van der Waals surface area contributed by atoms with Gasteiger partial charge < -0.3 is 10.1 Å². The van der Waals surface area contributed by atoms with Gasteiger partial charge in [-0.15, -0.1) is 0 Å². The van der Waals surface area contributed by atoms with Gasteiger partial charge in [0.25, 0.3) is 5.91 Å². The van der Waals surface area contributed by atoms with E-state index in [4.69, 9.17) is 17.0 Å². The summed E-state index contributed by atoms with van der Waals surface area (Å²) in [7, 11) is 1.61. The normalized spacial score (nSPS) is 17.0. The first-order valence-electron chi connectivity index (χ1n) is 5.75. The Morgan fingerprint density at radius 2 is 2.26 bits per heavy atom. The molecule has 1 saturated heterocycles. The van der Waals surface area contributed by atoms with Gasteiger partial charge in [0.15, 0.2) is 5.11 Å². The van der Waals surface area contributed by atoms with Crippen molar-refractivity contribution < 1.29 is 9.53 Å². The van der Waals surface area contributed by atoms with Crippen LogP contribution in [0.25, 0.3) is 6.08 Å². The number of benzene rings is 1. The van der Waals surface area contributed by atoms with Crippen LogP contribution in [0.15, 0.2) is 28.4 Å². The molecule has 0 aromatic heterocycles. The Morgan fingerprint density at radius 1 is 1.53 bits per heavy atom. The van der Waals surface area contributed by atoms with Gasteiger partial charge in [-0.3, -0.25) is 9.69 Å². The number of hydrogen-bond donors (Lipinski definition) is 1. The van der Waals surface area contributed by atoms with Gasteiger partial charge in [-0.2, -0.15) is 0 Å². The number of amides is 1. The Morgan fingerprint density at radius 3 is 2.79 bits per heavy atom. The first kappa shape index (κ1) is 14.0. The summed E-state index contributed by atoms with van der Waals surface area (Å²) in [6.45, 7) is 2.45. The molecule has 1 aromatic carbocycles. The lowest BCUT2D eigenvalue weighted by molar-refractivity contribution is -0.122. The van der Waals surface area contributed by atoms with Crippen LogP contribution in [-0.4, -0.2) is 29.6 Å². The zero-order valence-electron chi connectivity index (χ0n) is 10.6. The molecule has 0 bridgehead atoms. The fourth-order valence-electron chi connectivity index (χ4n) is 1.80. The molecule has 100 valence electrons. The number of thiocarbonyl (C=S) groups is 1. The maximum atomic E-state index is 12.0. The van der Waals surface area contributed by atoms with Crippen molar-refractivity contribution in [2.24, 2.45) is 0 Å². The van der Waals surface area contributed by atoms with Gasteiger partial charge in [0.2, 0.25) is 0 Å². The van der Waals surface area contributed by atoms with Crippen molar-refractivity contribution in [3.05, 3.63) is 33.9 Å². The van der Waals surface area contributed by atoms with Crippen LogP contribution in [0.2, 0.25) is 0 Å². The second-order valence-corrected chi connectivity index (χ2v) is 5.17. The van der Waals surface area contributed by atoms with Gasteiger partial charge in [-0.1, -0.05) is 6.07 Å². The quantitative estimate of drug-likeness (QED) is 0.678. The molecule has 19 heavy (non-hydrogen) atoms. The standard InChI is InChI=1S/C13H13BrN2O2S/c1-3-16-12(17)10(15-13(16)19)7-8-4-5-11(18-2)9(14)6-8/h4-7H,3H2,1-2H3,(H,15,19). The number of nitrogens with zero attached hydrogens (tertiary/aromatic N) is 1. The zero-order chi connectivity index (χ0) is 14.0. The third-order valence-corrected chi connectivity index (χ3v) is 3.71. The number of rotatable bonds is 3. The smallest absolute Gasteiger partial charge is 0.276 e. The van der Waals surface area contributed by atoms with Crippen molar-refractivity contribution >= 4 is 45.2 Å². The number of hydrogen-bond acceptors (Lipinski definition) is 3. The zero-order valence-corrected chi connectivity index (χ0v) is 13.0. The molecule has 0 spiro atoms. The molecule has 4 nitrogen and oxygen atoms in total. The third-order valence-electron chi connectivity index (χ3n) is 2.77. The van der Waals surface area contributed by atoms with Crippen LogP contribution in [0.5, 0.6) is 5.75 Å². The maximum Gasteiger partial charge on any atom is 0.276 e. The number of methoxy groups -OCH3 is 1. The predicted molar refractivity (Wildman–Crippen MR) is 81.8 cm³/mol. The molecule has 1 aliphatic heterocycles. The second kappa shape index (κ2) is 5.71. The minimum absolute atomic E-state index is 0.0977. The summed E-state index contributed by atoms with van der Waals surface area (Å²) in [5.74, 6) is 0.651. The van der Waals surface area contributed by atoms with E-state index in [0.29, 0.717) is 17.4 Å². The lowest BCUT2D eigenvalue weighted by Gasteiger charge is -2.08. The lowest BCUT2D eigenvalue weighted by atomic mass is 10.2. The number of nitrogens with one attached hydrogen (secondary N) is 1. The topological polar surface area (TPSA) is 41.6 Å². The molecule has 0 saturated carbocycles. The number of likely N-dealkylation sites (N-methyl/N-ethyl adjacent to an activating group) is 1. The average Bonchev–Trinajstić information content (AvgIpc) is 2.64. The first-order chi connectivity index (χ1) is 9.06. The van der Waals surface area contributed by atoms with Gasteiger partial charge in [-0.25, -0.2) is 0 Å². The minimum atomic E-state index is -0.0977. The summed E-state index contributed by atoms with van der Waals surface area (Å²) in [6, 6.07) is 5.60. The molecule has 2 rings (SSSR count). The lowest BCUT2D eigenvalue weighted by Crippen LogP contribution is -2.30. The maximum absolute atomic E-state index is 12.0. The summed E-state index contributed by atoms with van der Waals surface area (Å²) in [5, 5.41) is 3.37. The number of carbonyl (C=O) groups is 1. The van der Waals surface area contributed by atoms with Crippen molar-refractivity contribution in [2.75, 3.05) is 13.7 Å². The number of carbonyl (C=O) groups excluding carboxylic acids is 1. The van der Waals surface area contributed by atoms with Gasteiger partial charge in [0.1, 0.15) is 11.4 Å². The molecule has 1 amide bonds. The van der Waals surface area contributed by atoms with Gasteiger partial charge in [0, 0.05) is 6.54 Å². The van der Waals surface area contributed by atoms with E-state index in [-0.39, 0.29) is 5.91 Å². The van der Waals surface area contributed by atoms with Crippen molar-refractivity contribution in [1.29, 1.82) is 0 Å². The highest BCUT2D eigenvalue weighted by molar-refractivity contribution is 9.10. The molecule has 1 aromatic rings. The third kappa shape index (κ3) is 2.79. The highest BCUT2D eigenvalue weighted by atomic mass is 79.9. The highest BCUT2D eigenvalue weighted by Crippen LogP contribution is 2.26. The van der Waals surface area contributed by atoms with Crippen molar-refractivity contribution in [3.63, 3.8) is 0 Å². The van der Waals surface area contributed by atoms with E-state index in [1.54, 1.807) is 13.2 Å². The molecule has 0 aliphatic carbocycles. The Labute approximate surface area is 125 Å². The number of halogens is 1. The molecule has 0 radical (unpaired) electrons. The molecule has 0 unspecified atom stereocenters. The Hall–Kier alpha value is -1.40. The summed E-state index contributed by atoms with van der Waals surface area (Å²) in [4.78, 5) is 13.6. The van der Waals surface area contributed by atoms with E-state index in [2.05, 4.69) is 21.2 Å². The van der Waals surface area contributed by atoms with Crippen molar-refractivity contribution in [1.82, 2.24) is 10.2 Å². The van der Waals surface area contributed by atoms with Gasteiger partial charge in [-0.05, 0) is 58.8 Å².